The number of hydrogen-bond acceptors (Lipinski definition) is 2. The summed E-state index contributed by atoms with van der Waals surface area (Å²) < 4.78 is 0. The van der Waals surface area contributed by atoms with Gasteiger partial charge in [0.15, 0.2) is 5.78 Å². The smallest absolute Gasteiger partial charge is 0.162 e. The van der Waals surface area contributed by atoms with E-state index >= 15 is 0 Å². The van der Waals surface area contributed by atoms with E-state index in [0.29, 0.717) is 22.7 Å². The van der Waals surface area contributed by atoms with Crippen molar-refractivity contribution in [3.63, 3.8) is 0 Å². The molecule has 0 radical (unpaired) electrons. The lowest BCUT2D eigenvalue weighted by atomic mass is 9.98. The molecule has 1 fully saturated rings. The van der Waals surface area contributed by atoms with E-state index in [1.165, 1.54) is 44.9 Å². The molecule has 0 amide bonds. The quantitative estimate of drug-likeness (QED) is 0.384. The second-order valence-corrected chi connectivity index (χ2v) is 6.67. The molecule has 1 aliphatic carbocycles. The second-order valence-electron chi connectivity index (χ2n) is 6.26. The molecule has 0 bridgehead atoms. The van der Waals surface area contributed by atoms with Crippen LogP contribution >= 0.6 is 11.6 Å². The Balaban J connectivity index is 1.59. The Hall–Kier alpha value is -1.02. The highest BCUT2D eigenvalue weighted by Crippen LogP contribution is 2.29. The van der Waals surface area contributed by atoms with Crippen molar-refractivity contribution in [2.45, 2.75) is 64.2 Å². The van der Waals surface area contributed by atoms with Gasteiger partial charge in [0.2, 0.25) is 0 Å². The number of rotatable bonds is 8. The highest BCUT2D eigenvalue weighted by atomic mass is 35.5. The fourth-order valence-corrected chi connectivity index (χ4v) is 3.40. The van der Waals surface area contributed by atoms with E-state index in [0.717, 1.165) is 18.8 Å². The Morgan fingerprint density at radius 1 is 1.14 bits per heavy atom. The molecule has 0 aliphatic heterocycles. The van der Waals surface area contributed by atoms with Gasteiger partial charge in [-0.3, -0.25) is 4.79 Å². The number of benzene rings is 1. The van der Waals surface area contributed by atoms with Crippen molar-refractivity contribution in [2.75, 3.05) is 5.73 Å². The monoisotopic (exact) mass is 307 g/mol. The Kier molecular flexibility index (Phi) is 6.56. The number of ketones is 1. The first-order valence-corrected chi connectivity index (χ1v) is 8.63. The van der Waals surface area contributed by atoms with Crippen molar-refractivity contribution >= 4 is 23.1 Å². The number of nitrogen functional groups attached to an aromatic ring is 1. The molecule has 1 saturated carbocycles. The lowest BCUT2D eigenvalue weighted by Gasteiger charge is -2.08. The molecule has 2 N–H and O–H groups in total. The first-order chi connectivity index (χ1) is 10.2. The maximum atomic E-state index is 12.1. The number of halogens is 1. The minimum atomic E-state index is 0.174. The number of carbonyl (C=O) groups excluding carboxylic acids is 1. The van der Waals surface area contributed by atoms with Crippen LogP contribution in [-0.2, 0) is 0 Å². The van der Waals surface area contributed by atoms with Crippen molar-refractivity contribution in [1.29, 1.82) is 0 Å². The number of nitrogens with two attached hydrogens (primary N) is 1. The van der Waals surface area contributed by atoms with Gasteiger partial charge in [-0.15, -0.1) is 0 Å². The minimum Gasteiger partial charge on any atom is -0.398 e. The van der Waals surface area contributed by atoms with Crippen LogP contribution in [-0.4, -0.2) is 5.78 Å². The largest absolute Gasteiger partial charge is 0.398 e. The van der Waals surface area contributed by atoms with E-state index in [1.807, 2.05) is 0 Å². The fourth-order valence-electron chi connectivity index (χ4n) is 3.22. The van der Waals surface area contributed by atoms with Crippen molar-refractivity contribution in [1.82, 2.24) is 0 Å². The molecule has 0 saturated heterocycles. The fraction of sp³-hybridized carbons (Fsp3) is 0.611. The van der Waals surface area contributed by atoms with Crippen LogP contribution in [0.5, 0.6) is 0 Å². The number of carbonyl (C=O) groups is 1. The number of anilines is 1. The summed E-state index contributed by atoms with van der Waals surface area (Å²) in [7, 11) is 0. The van der Waals surface area contributed by atoms with E-state index in [2.05, 4.69) is 0 Å². The summed E-state index contributed by atoms with van der Waals surface area (Å²) in [6.45, 7) is 0. The predicted molar refractivity (Wildman–Crippen MR) is 89.9 cm³/mol. The maximum absolute atomic E-state index is 12.1. The molecule has 0 spiro atoms. The van der Waals surface area contributed by atoms with E-state index in [-0.39, 0.29) is 5.78 Å². The second kappa shape index (κ2) is 8.43. The van der Waals surface area contributed by atoms with Gasteiger partial charge >= 0.3 is 0 Å². The van der Waals surface area contributed by atoms with Gasteiger partial charge in [-0.2, -0.15) is 0 Å². The maximum Gasteiger partial charge on any atom is 0.162 e. The van der Waals surface area contributed by atoms with Crippen LogP contribution in [0.1, 0.15) is 74.6 Å². The number of Topliss-reactive ketones (excluding diaryl/α,β-unsaturated/α-hetero) is 1. The molecule has 2 nitrogen and oxygen atoms in total. The summed E-state index contributed by atoms with van der Waals surface area (Å²) in [6.07, 6.45) is 12.5. The van der Waals surface area contributed by atoms with Gasteiger partial charge in [-0.05, 0) is 30.5 Å². The third-order valence-corrected chi connectivity index (χ3v) is 4.89. The molecule has 21 heavy (non-hydrogen) atoms. The van der Waals surface area contributed by atoms with Crippen molar-refractivity contribution < 1.29 is 4.79 Å². The molecular formula is C18H26ClNO. The Morgan fingerprint density at radius 3 is 2.57 bits per heavy atom. The molecule has 116 valence electrons. The molecule has 0 aromatic heterocycles. The lowest BCUT2D eigenvalue weighted by molar-refractivity contribution is 0.0979. The van der Waals surface area contributed by atoms with Gasteiger partial charge in [-0.25, -0.2) is 0 Å². The summed E-state index contributed by atoms with van der Waals surface area (Å²) >= 11 is 5.95. The average molecular weight is 308 g/mol. The summed E-state index contributed by atoms with van der Waals surface area (Å²) in [5, 5.41) is 0.470. The molecule has 3 heteroatoms. The highest BCUT2D eigenvalue weighted by Gasteiger charge is 2.14. The van der Waals surface area contributed by atoms with E-state index in [9.17, 15) is 4.79 Å². The van der Waals surface area contributed by atoms with Gasteiger partial charge < -0.3 is 5.73 Å². The molecule has 0 unspecified atom stereocenters. The summed E-state index contributed by atoms with van der Waals surface area (Å²) in [4.78, 5) is 12.1. The molecule has 0 atom stereocenters. The van der Waals surface area contributed by atoms with Crippen LogP contribution < -0.4 is 5.73 Å². The number of hydrogen-bond donors (Lipinski definition) is 1. The highest BCUT2D eigenvalue weighted by molar-refractivity contribution is 6.33. The average Bonchev–Trinajstić information content (AvgIpc) is 2.98. The first-order valence-electron chi connectivity index (χ1n) is 8.25. The predicted octanol–water partition coefficient (Wildman–Crippen LogP) is 5.64. The molecule has 1 aliphatic rings. The van der Waals surface area contributed by atoms with Gasteiger partial charge in [0.1, 0.15) is 0 Å². The van der Waals surface area contributed by atoms with Crippen molar-refractivity contribution in [2.24, 2.45) is 5.92 Å². The van der Waals surface area contributed by atoms with E-state index < -0.39 is 0 Å². The SMILES string of the molecule is Nc1ccc(C(=O)CCCCCCC2CCCC2)cc1Cl. The van der Waals surface area contributed by atoms with Gasteiger partial charge in [0.05, 0.1) is 10.7 Å². The third-order valence-electron chi connectivity index (χ3n) is 4.56. The minimum absolute atomic E-state index is 0.174. The summed E-state index contributed by atoms with van der Waals surface area (Å²) in [5.41, 5.74) is 6.86. The van der Waals surface area contributed by atoms with Gasteiger partial charge in [0.25, 0.3) is 0 Å². The van der Waals surface area contributed by atoms with Crippen LogP contribution in [0.4, 0.5) is 5.69 Å². The van der Waals surface area contributed by atoms with Crippen LogP contribution in [0.2, 0.25) is 5.02 Å². The molecule has 1 aromatic carbocycles. The number of unbranched alkanes of at least 4 members (excludes halogenated alkanes) is 3. The normalized spacial score (nSPS) is 15.5. The van der Waals surface area contributed by atoms with Crippen molar-refractivity contribution in [3.8, 4) is 0 Å². The van der Waals surface area contributed by atoms with E-state index in [4.69, 9.17) is 17.3 Å². The van der Waals surface area contributed by atoms with E-state index in [1.54, 1.807) is 18.2 Å². The van der Waals surface area contributed by atoms with Crippen LogP contribution in [0.25, 0.3) is 0 Å². The van der Waals surface area contributed by atoms with Crippen LogP contribution in [0, 0.1) is 5.92 Å². The Labute approximate surface area is 133 Å². The molecule has 2 rings (SSSR count). The van der Waals surface area contributed by atoms with Crippen molar-refractivity contribution in [3.05, 3.63) is 28.8 Å². The van der Waals surface area contributed by atoms with Gasteiger partial charge in [-0.1, -0.05) is 63.0 Å². The summed E-state index contributed by atoms with van der Waals surface area (Å²) in [6, 6.07) is 5.15. The zero-order valence-corrected chi connectivity index (χ0v) is 13.5. The standard InChI is InChI=1S/C18H26ClNO/c19-16-13-15(11-12-17(16)20)18(21)10-4-2-1-3-7-14-8-5-6-9-14/h11-14H,1-10,20H2. The lowest BCUT2D eigenvalue weighted by Crippen LogP contribution is -2.00. The topological polar surface area (TPSA) is 43.1 Å². The molecule has 0 heterocycles. The zero-order valence-electron chi connectivity index (χ0n) is 12.7. The third kappa shape index (κ3) is 5.35. The van der Waals surface area contributed by atoms with Gasteiger partial charge in [0, 0.05) is 12.0 Å². The first kappa shape index (κ1) is 16.4. The Bertz CT molecular complexity index is 466. The van der Waals surface area contributed by atoms with Crippen LogP contribution in [0.3, 0.4) is 0 Å². The zero-order chi connectivity index (χ0) is 15.1. The van der Waals surface area contributed by atoms with Crippen LogP contribution in [0.15, 0.2) is 18.2 Å². The molecular weight excluding hydrogens is 282 g/mol. The molecule has 1 aromatic rings. The Morgan fingerprint density at radius 2 is 1.86 bits per heavy atom. The summed E-state index contributed by atoms with van der Waals surface area (Å²) in [5.74, 6) is 1.16.